The van der Waals surface area contributed by atoms with Crippen LogP contribution in [0.1, 0.15) is 37.3 Å². The van der Waals surface area contributed by atoms with Crippen molar-refractivity contribution >= 4 is 10.0 Å². The van der Waals surface area contributed by atoms with Crippen molar-refractivity contribution in [2.24, 2.45) is 0 Å². The highest BCUT2D eigenvalue weighted by Gasteiger charge is 2.35. The van der Waals surface area contributed by atoms with Gasteiger partial charge in [0.05, 0.1) is 12.9 Å². The molecule has 1 heterocycles. The van der Waals surface area contributed by atoms with Crippen molar-refractivity contribution in [1.82, 2.24) is 4.31 Å². The van der Waals surface area contributed by atoms with Gasteiger partial charge in [0, 0.05) is 44.4 Å². The Balaban J connectivity index is 2.27. The van der Waals surface area contributed by atoms with Crippen LogP contribution >= 0.6 is 0 Å². The largest absolute Gasteiger partial charge is 0.384 e. The van der Waals surface area contributed by atoms with Crippen molar-refractivity contribution in [3.63, 3.8) is 0 Å². The number of hydrogen-bond donors (Lipinski definition) is 0. The third kappa shape index (κ3) is 5.00. The molecular formula is C18H28FNO4S. The quantitative estimate of drug-likeness (QED) is 0.703. The van der Waals surface area contributed by atoms with Gasteiger partial charge in [-0.3, -0.25) is 0 Å². The molecule has 142 valence electrons. The number of sulfonamides is 1. The second kappa shape index (κ2) is 8.58. The molecule has 1 aromatic rings. The van der Waals surface area contributed by atoms with E-state index in [1.165, 1.54) is 10.4 Å². The summed E-state index contributed by atoms with van der Waals surface area (Å²) in [5.74, 6) is -0.371. The van der Waals surface area contributed by atoms with E-state index in [0.29, 0.717) is 38.3 Å². The minimum Gasteiger partial charge on any atom is -0.384 e. The van der Waals surface area contributed by atoms with Gasteiger partial charge in [0.1, 0.15) is 5.82 Å². The van der Waals surface area contributed by atoms with Crippen molar-refractivity contribution in [1.29, 1.82) is 0 Å². The molecule has 2 rings (SSSR count). The Morgan fingerprint density at radius 3 is 2.52 bits per heavy atom. The van der Waals surface area contributed by atoms with Gasteiger partial charge in [-0.2, -0.15) is 4.31 Å². The molecule has 25 heavy (non-hydrogen) atoms. The fourth-order valence-electron chi connectivity index (χ4n) is 3.36. The second-order valence-corrected chi connectivity index (χ2v) is 8.71. The zero-order valence-electron chi connectivity index (χ0n) is 15.3. The van der Waals surface area contributed by atoms with E-state index in [4.69, 9.17) is 9.47 Å². The maximum absolute atomic E-state index is 14.7. The summed E-state index contributed by atoms with van der Waals surface area (Å²) in [6.07, 6.45) is 3.41. The van der Waals surface area contributed by atoms with Gasteiger partial charge in [0.15, 0.2) is 0 Å². The highest BCUT2D eigenvalue weighted by Crippen LogP contribution is 2.36. The van der Waals surface area contributed by atoms with E-state index in [-0.39, 0.29) is 17.8 Å². The Morgan fingerprint density at radius 1 is 1.32 bits per heavy atom. The van der Waals surface area contributed by atoms with Crippen LogP contribution in [0.5, 0.6) is 0 Å². The maximum Gasteiger partial charge on any atom is 0.211 e. The molecule has 5 nitrogen and oxygen atoms in total. The van der Waals surface area contributed by atoms with Crippen LogP contribution < -0.4 is 0 Å². The van der Waals surface area contributed by atoms with Gasteiger partial charge < -0.3 is 9.47 Å². The predicted molar refractivity (Wildman–Crippen MR) is 95.6 cm³/mol. The topological polar surface area (TPSA) is 55.8 Å². The van der Waals surface area contributed by atoms with Crippen LogP contribution in [0, 0.1) is 5.82 Å². The van der Waals surface area contributed by atoms with E-state index in [9.17, 15) is 12.8 Å². The summed E-state index contributed by atoms with van der Waals surface area (Å²) in [4.78, 5) is 0. The van der Waals surface area contributed by atoms with Crippen molar-refractivity contribution in [2.75, 3.05) is 39.7 Å². The number of hydrogen-bond acceptors (Lipinski definition) is 4. The minimum absolute atomic E-state index is 0.0547. The predicted octanol–water partition coefficient (Wildman–Crippen LogP) is 2.69. The molecule has 0 aliphatic carbocycles. The van der Waals surface area contributed by atoms with E-state index in [1.807, 2.05) is 13.0 Å². The molecule has 0 aromatic heterocycles. The molecule has 1 fully saturated rings. The molecular weight excluding hydrogens is 345 g/mol. The third-order valence-electron chi connectivity index (χ3n) is 4.82. The highest BCUT2D eigenvalue weighted by atomic mass is 32.2. The summed E-state index contributed by atoms with van der Waals surface area (Å²) >= 11 is 0. The van der Waals surface area contributed by atoms with Crippen molar-refractivity contribution < 1.29 is 22.3 Å². The standard InChI is InChI=1S/C18H28FNO4S/c1-4-9-20(25(3,21)22)13-15-5-6-16(12-17(15)19)18(14-23-2)7-10-24-11-8-18/h5-6,12H,4,7-11,13-14H2,1-3H3. The molecule has 1 aliphatic heterocycles. The lowest BCUT2D eigenvalue weighted by atomic mass is 9.74. The second-order valence-electron chi connectivity index (χ2n) is 6.73. The van der Waals surface area contributed by atoms with Gasteiger partial charge in [-0.1, -0.05) is 19.1 Å². The SMILES string of the molecule is CCCN(Cc1ccc(C2(COC)CCOCC2)cc1F)S(C)(=O)=O. The number of nitrogens with zero attached hydrogens (tertiary/aromatic N) is 1. The first kappa shape index (κ1) is 20.3. The Kier molecular flexibility index (Phi) is 6.96. The van der Waals surface area contributed by atoms with Crippen LogP contribution in [-0.4, -0.2) is 52.5 Å². The number of methoxy groups -OCH3 is 1. The lowest BCUT2D eigenvalue weighted by Gasteiger charge is -2.37. The first-order valence-corrected chi connectivity index (χ1v) is 10.5. The summed E-state index contributed by atoms with van der Waals surface area (Å²) in [7, 11) is -1.71. The Morgan fingerprint density at radius 2 is 2.00 bits per heavy atom. The van der Waals surface area contributed by atoms with Crippen LogP contribution in [0.25, 0.3) is 0 Å². The van der Waals surface area contributed by atoms with Gasteiger partial charge >= 0.3 is 0 Å². The first-order chi connectivity index (χ1) is 11.8. The molecule has 0 saturated carbocycles. The van der Waals surface area contributed by atoms with E-state index in [0.717, 1.165) is 24.7 Å². The smallest absolute Gasteiger partial charge is 0.211 e. The molecule has 1 saturated heterocycles. The minimum atomic E-state index is -3.36. The molecule has 0 N–H and O–H groups in total. The fraction of sp³-hybridized carbons (Fsp3) is 0.667. The molecule has 1 aliphatic rings. The van der Waals surface area contributed by atoms with Crippen molar-refractivity contribution in [3.8, 4) is 0 Å². The Hall–Kier alpha value is -1.02. The van der Waals surface area contributed by atoms with Crippen LogP contribution in [0.4, 0.5) is 4.39 Å². The van der Waals surface area contributed by atoms with Gasteiger partial charge in [-0.25, -0.2) is 12.8 Å². The van der Waals surface area contributed by atoms with Crippen LogP contribution in [0.2, 0.25) is 0 Å². The van der Waals surface area contributed by atoms with Gasteiger partial charge in [-0.05, 0) is 30.9 Å². The number of benzene rings is 1. The maximum atomic E-state index is 14.7. The van der Waals surface area contributed by atoms with E-state index in [2.05, 4.69) is 0 Å². The lowest BCUT2D eigenvalue weighted by molar-refractivity contribution is 0.0135. The molecule has 0 atom stereocenters. The van der Waals surface area contributed by atoms with E-state index >= 15 is 0 Å². The van der Waals surface area contributed by atoms with Crippen LogP contribution in [-0.2, 0) is 31.5 Å². The number of halogens is 1. The molecule has 7 heteroatoms. The average Bonchev–Trinajstić information content (AvgIpc) is 2.56. The zero-order valence-corrected chi connectivity index (χ0v) is 16.1. The number of rotatable bonds is 8. The van der Waals surface area contributed by atoms with Gasteiger partial charge in [0.25, 0.3) is 0 Å². The third-order valence-corrected chi connectivity index (χ3v) is 6.07. The Bertz CT molecular complexity index is 666. The van der Waals surface area contributed by atoms with Gasteiger partial charge in [0.2, 0.25) is 10.0 Å². The summed E-state index contributed by atoms with van der Waals surface area (Å²) < 4.78 is 50.6. The highest BCUT2D eigenvalue weighted by molar-refractivity contribution is 7.88. The van der Waals surface area contributed by atoms with Crippen molar-refractivity contribution in [2.45, 2.75) is 38.1 Å². The molecule has 0 unspecified atom stereocenters. The molecule has 0 bridgehead atoms. The normalized spacial score (nSPS) is 17.8. The summed E-state index contributed by atoms with van der Waals surface area (Å²) in [5, 5.41) is 0. The average molecular weight is 373 g/mol. The van der Waals surface area contributed by atoms with Crippen LogP contribution in [0.15, 0.2) is 18.2 Å². The van der Waals surface area contributed by atoms with E-state index < -0.39 is 10.0 Å². The fourth-order valence-corrected chi connectivity index (χ4v) is 4.25. The molecule has 0 spiro atoms. The zero-order chi connectivity index (χ0) is 18.5. The summed E-state index contributed by atoms with van der Waals surface area (Å²) in [5.41, 5.74) is 1.04. The first-order valence-electron chi connectivity index (χ1n) is 8.63. The van der Waals surface area contributed by atoms with Gasteiger partial charge in [-0.15, -0.1) is 0 Å². The summed E-state index contributed by atoms with van der Waals surface area (Å²) in [6, 6.07) is 5.13. The molecule has 0 radical (unpaired) electrons. The van der Waals surface area contributed by atoms with Crippen LogP contribution in [0.3, 0.4) is 0 Å². The molecule has 1 aromatic carbocycles. The molecule has 0 amide bonds. The number of ether oxygens (including phenoxy) is 2. The Labute approximate surface area is 150 Å². The monoisotopic (exact) mass is 373 g/mol. The lowest BCUT2D eigenvalue weighted by Crippen LogP contribution is -2.38. The van der Waals surface area contributed by atoms with E-state index in [1.54, 1.807) is 13.2 Å². The van der Waals surface area contributed by atoms with Crippen molar-refractivity contribution in [3.05, 3.63) is 35.1 Å². The summed E-state index contributed by atoms with van der Waals surface area (Å²) in [6.45, 7) is 4.11.